The second-order valence-corrected chi connectivity index (χ2v) is 5.29. The summed E-state index contributed by atoms with van der Waals surface area (Å²) < 4.78 is 6.57. The lowest BCUT2D eigenvalue weighted by atomic mass is 10.4. The summed E-state index contributed by atoms with van der Waals surface area (Å²) in [5, 5.41) is 5.51. The maximum atomic E-state index is 5.39. The van der Waals surface area contributed by atoms with Gasteiger partial charge in [-0.3, -0.25) is 0 Å². The average molecular weight is 292 g/mol. The zero-order valence-corrected chi connectivity index (χ0v) is 11.5. The molecule has 0 unspecified atom stereocenters. The molecule has 1 aromatic rings. The normalized spacial score (nSPS) is 10.8. The monoisotopic (exact) mass is 291 g/mol. The molecule has 0 fully saturated rings. The number of hydrogen-bond donors (Lipinski definition) is 1. The van der Waals surface area contributed by atoms with Gasteiger partial charge in [0.05, 0.1) is 0 Å². The van der Waals surface area contributed by atoms with Crippen molar-refractivity contribution in [1.82, 2.24) is 5.32 Å². The van der Waals surface area contributed by atoms with Gasteiger partial charge in [-0.05, 0) is 41.4 Å². The first kappa shape index (κ1) is 13.2. The molecule has 0 aliphatic rings. The molecule has 15 heavy (non-hydrogen) atoms. The number of hydrogen-bond acceptors (Lipinski definition) is 3. The van der Waals surface area contributed by atoms with E-state index in [4.69, 9.17) is 4.74 Å². The van der Waals surface area contributed by atoms with Gasteiger partial charge in [0.15, 0.2) is 0 Å². The molecule has 0 amide bonds. The second-order valence-electron chi connectivity index (χ2n) is 3.37. The standard InChI is InChI=1S/C11H18BrNOS/c1-2-5-14-6-3-4-13-8-11-7-10(12)9-15-11/h7,9,13H,2-6,8H2,1H3. The first-order valence-electron chi connectivity index (χ1n) is 5.34. The third-order valence-electron chi connectivity index (χ3n) is 1.91. The van der Waals surface area contributed by atoms with Gasteiger partial charge in [-0.2, -0.15) is 0 Å². The highest BCUT2D eigenvalue weighted by Gasteiger charge is 1.96. The molecule has 2 nitrogen and oxygen atoms in total. The van der Waals surface area contributed by atoms with E-state index in [0.717, 1.165) is 39.1 Å². The molecule has 0 saturated heterocycles. The van der Waals surface area contributed by atoms with E-state index in [9.17, 15) is 0 Å². The van der Waals surface area contributed by atoms with Gasteiger partial charge in [0, 0.05) is 34.5 Å². The van der Waals surface area contributed by atoms with Crippen molar-refractivity contribution in [3.63, 3.8) is 0 Å². The molecule has 1 aromatic heterocycles. The molecule has 4 heteroatoms. The zero-order valence-electron chi connectivity index (χ0n) is 9.09. The largest absolute Gasteiger partial charge is 0.381 e. The van der Waals surface area contributed by atoms with Crippen molar-refractivity contribution in [2.75, 3.05) is 19.8 Å². The van der Waals surface area contributed by atoms with Crippen LogP contribution in [0.2, 0.25) is 0 Å². The number of thiophene rings is 1. The van der Waals surface area contributed by atoms with E-state index in [1.807, 2.05) is 0 Å². The summed E-state index contributed by atoms with van der Waals surface area (Å²) in [6.45, 7) is 5.88. The first-order chi connectivity index (χ1) is 7.33. The van der Waals surface area contributed by atoms with Crippen molar-refractivity contribution in [2.45, 2.75) is 26.3 Å². The Morgan fingerprint density at radius 3 is 3.00 bits per heavy atom. The molecule has 0 bridgehead atoms. The molecule has 0 radical (unpaired) electrons. The summed E-state index contributed by atoms with van der Waals surface area (Å²) in [7, 11) is 0. The Balaban J connectivity index is 1.93. The van der Waals surface area contributed by atoms with Crippen LogP contribution >= 0.6 is 27.3 Å². The summed E-state index contributed by atoms with van der Waals surface area (Å²) >= 11 is 5.23. The van der Waals surface area contributed by atoms with Crippen LogP contribution in [0.25, 0.3) is 0 Å². The fourth-order valence-corrected chi connectivity index (χ4v) is 2.62. The van der Waals surface area contributed by atoms with Gasteiger partial charge >= 0.3 is 0 Å². The van der Waals surface area contributed by atoms with E-state index in [1.165, 1.54) is 9.35 Å². The minimum absolute atomic E-state index is 0.870. The van der Waals surface area contributed by atoms with Gasteiger partial charge in [0.1, 0.15) is 0 Å². The molecular formula is C11H18BrNOS. The van der Waals surface area contributed by atoms with Gasteiger partial charge in [-0.1, -0.05) is 6.92 Å². The molecule has 0 aliphatic heterocycles. The molecule has 86 valence electrons. The third-order valence-corrected chi connectivity index (χ3v) is 3.61. The van der Waals surface area contributed by atoms with Crippen molar-refractivity contribution in [3.05, 3.63) is 20.8 Å². The van der Waals surface area contributed by atoms with Gasteiger partial charge in [-0.15, -0.1) is 11.3 Å². The van der Waals surface area contributed by atoms with E-state index in [-0.39, 0.29) is 0 Å². The quantitative estimate of drug-likeness (QED) is 0.741. The van der Waals surface area contributed by atoms with Crippen molar-refractivity contribution in [1.29, 1.82) is 0 Å². The summed E-state index contributed by atoms with van der Waals surface area (Å²) in [6.07, 6.45) is 2.20. The topological polar surface area (TPSA) is 21.3 Å². The number of halogens is 1. The van der Waals surface area contributed by atoms with Crippen LogP contribution in [-0.2, 0) is 11.3 Å². The molecule has 0 saturated carbocycles. The highest BCUT2D eigenvalue weighted by atomic mass is 79.9. The summed E-state index contributed by atoms with van der Waals surface area (Å²) in [4.78, 5) is 1.37. The van der Waals surface area contributed by atoms with E-state index < -0.39 is 0 Å². The lowest BCUT2D eigenvalue weighted by Crippen LogP contribution is -2.15. The van der Waals surface area contributed by atoms with Crippen LogP contribution < -0.4 is 5.32 Å². The SMILES string of the molecule is CCCOCCCNCc1cc(Br)cs1. The number of ether oxygens (including phenoxy) is 1. The van der Waals surface area contributed by atoms with Gasteiger partial charge in [0.25, 0.3) is 0 Å². The highest BCUT2D eigenvalue weighted by molar-refractivity contribution is 9.10. The molecular weight excluding hydrogens is 274 g/mol. The Labute approximate surface area is 104 Å². The van der Waals surface area contributed by atoms with Crippen LogP contribution in [0.15, 0.2) is 15.9 Å². The Kier molecular flexibility index (Phi) is 7.26. The van der Waals surface area contributed by atoms with Crippen LogP contribution in [-0.4, -0.2) is 19.8 Å². The number of rotatable bonds is 8. The van der Waals surface area contributed by atoms with Gasteiger partial charge < -0.3 is 10.1 Å². The predicted molar refractivity (Wildman–Crippen MR) is 69.5 cm³/mol. The average Bonchev–Trinajstić information content (AvgIpc) is 2.63. The molecule has 1 heterocycles. The van der Waals surface area contributed by atoms with E-state index in [2.05, 4.69) is 39.6 Å². The van der Waals surface area contributed by atoms with Crippen molar-refractivity contribution < 1.29 is 4.74 Å². The molecule has 0 atom stereocenters. The van der Waals surface area contributed by atoms with Gasteiger partial charge in [-0.25, -0.2) is 0 Å². The lowest BCUT2D eigenvalue weighted by Gasteiger charge is -2.03. The smallest absolute Gasteiger partial charge is 0.0478 e. The van der Waals surface area contributed by atoms with Crippen molar-refractivity contribution >= 4 is 27.3 Å². The maximum absolute atomic E-state index is 5.39. The first-order valence-corrected chi connectivity index (χ1v) is 7.01. The third kappa shape index (κ3) is 6.30. The molecule has 1 rings (SSSR count). The van der Waals surface area contributed by atoms with Crippen LogP contribution in [0.4, 0.5) is 0 Å². The molecule has 1 N–H and O–H groups in total. The minimum atomic E-state index is 0.870. The highest BCUT2D eigenvalue weighted by Crippen LogP contribution is 2.19. The summed E-state index contributed by atoms with van der Waals surface area (Å²) in [5.74, 6) is 0. The van der Waals surface area contributed by atoms with Crippen molar-refractivity contribution in [2.24, 2.45) is 0 Å². The van der Waals surface area contributed by atoms with E-state index in [0.29, 0.717) is 0 Å². The zero-order chi connectivity index (χ0) is 10.9. The van der Waals surface area contributed by atoms with Crippen LogP contribution in [0.1, 0.15) is 24.6 Å². The summed E-state index contributed by atoms with van der Waals surface area (Å²) in [6, 6.07) is 2.16. The second kappa shape index (κ2) is 8.28. The lowest BCUT2D eigenvalue weighted by molar-refractivity contribution is 0.132. The van der Waals surface area contributed by atoms with Crippen LogP contribution in [0.5, 0.6) is 0 Å². The molecule has 0 aliphatic carbocycles. The minimum Gasteiger partial charge on any atom is -0.381 e. The van der Waals surface area contributed by atoms with Crippen molar-refractivity contribution in [3.8, 4) is 0 Å². The molecule has 0 aromatic carbocycles. The fourth-order valence-electron chi connectivity index (χ4n) is 1.20. The molecule has 0 spiro atoms. The van der Waals surface area contributed by atoms with E-state index >= 15 is 0 Å². The predicted octanol–water partition coefficient (Wildman–Crippen LogP) is 3.42. The van der Waals surface area contributed by atoms with Crippen LogP contribution in [0, 0.1) is 0 Å². The Morgan fingerprint density at radius 1 is 1.47 bits per heavy atom. The van der Waals surface area contributed by atoms with Gasteiger partial charge in [0.2, 0.25) is 0 Å². The Morgan fingerprint density at radius 2 is 2.33 bits per heavy atom. The fraction of sp³-hybridized carbons (Fsp3) is 0.636. The maximum Gasteiger partial charge on any atom is 0.0478 e. The summed E-state index contributed by atoms with van der Waals surface area (Å²) in [5.41, 5.74) is 0. The Hall–Kier alpha value is 0.1000. The number of nitrogens with one attached hydrogen (secondary N) is 1. The van der Waals surface area contributed by atoms with E-state index in [1.54, 1.807) is 11.3 Å². The van der Waals surface area contributed by atoms with Crippen LogP contribution in [0.3, 0.4) is 0 Å². The Bertz CT molecular complexity index is 265.